The second-order valence-electron chi connectivity index (χ2n) is 6.95. The zero-order chi connectivity index (χ0) is 22.4. The van der Waals surface area contributed by atoms with Crippen molar-refractivity contribution in [2.45, 2.75) is 37.6 Å². The Labute approximate surface area is 178 Å². The summed E-state index contributed by atoms with van der Waals surface area (Å²) >= 11 is 0. The van der Waals surface area contributed by atoms with Crippen LogP contribution >= 0.6 is 0 Å². The third-order valence-corrected chi connectivity index (χ3v) is 4.72. The Morgan fingerprint density at radius 3 is 1.84 bits per heavy atom. The smallest absolute Gasteiger partial charge is 0.338 e. The molecule has 1 heterocycles. The minimum atomic E-state index is -1.61. The highest BCUT2D eigenvalue weighted by Crippen LogP contribution is 2.27. The van der Waals surface area contributed by atoms with E-state index in [1.807, 2.05) is 0 Å². The van der Waals surface area contributed by atoms with Crippen molar-refractivity contribution in [1.82, 2.24) is 5.32 Å². The molecule has 5 atom stereocenters. The Bertz CT molecular complexity index is 904. The molecule has 164 valence electrons. The number of carbonyl (C=O) groups is 3. The van der Waals surface area contributed by atoms with Gasteiger partial charge in [0, 0.05) is 6.92 Å². The first-order valence-electron chi connectivity index (χ1n) is 9.64. The van der Waals surface area contributed by atoms with E-state index in [1.165, 1.54) is 31.2 Å². The van der Waals surface area contributed by atoms with E-state index in [9.17, 15) is 24.6 Å². The number of carbonyl (C=O) groups excluding carboxylic acids is 3. The lowest BCUT2D eigenvalue weighted by Gasteiger charge is -2.43. The zero-order valence-electron chi connectivity index (χ0n) is 16.7. The Morgan fingerprint density at radius 1 is 0.903 bits per heavy atom. The summed E-state index contributed by atoms with van der Waals surface area (Å²) in [6.45, 7) is 0.585. The van der Waals surface area contributed by atoms with Crippen LogP contribution in [0.25, 0.3) is 0 Å². The van der Waals surface area contributed by atoms with Crippen LogP contribution in [0.15, 0.2) is 60.7 Å². The second kappa shape index (κ2) is 10.2. The number of hydrogen-bond acceptors (Lipinski definition) is 8. The summed E-state index contributed by atoms with van der Waals surface area (Å²) in [5.74, 6) is -2.03. The van der Waals surface area contributed by atoms with E-state index < -0.39 is 55.1 Å². The molecule has 0 spiro atoms. The van der Waals surface area contributed by atoms with E-state index in [2.05, 4.69) is 5.32 Å². The van der Waals surface area contributed by atoms with Gasteiger partial charge in [0.05, 0.1) is 17.7 Å². The van der Waals surface area contributed by atoms with Crippen LogP contribution in [0.5, 0.6) is 0 Å². The van der Waals surface area contributed by atoms with Gasteiger partial charge in [0.25, 0.3) is 0 Å². The van der Waals surface area contributed by atoms with Crippen molar-refractivity contribution < 1.29 is 38.8 Å². The lowest BCUT2D eigenvalue weighted by Crippen LogP contribution is -2.66. The van der Waals surface area contributed by atoms with E-state index in [4.69, 9.17) is 14.2 Å². The average molecular weight is 429 g/mol. The lowest BCUT2D eigenvalue weighted by molar-refractivity contribution is -0.253. The molecule has 9 nitrogen and oxygen atoms in total. The molecule has 3 N–H and O–H groups in total. The zero-order valence-corrected chi connectivity index (χ0v) is 16.7. The van der Waals surface area contributed by atoms with Crippen LogP contribution in [-0.4, -0.2) is 65.3 Å². The highest BCUT2D eigenvalue weighted by atomic mass is 16.7. The molecule has 1 aliphatic rings. The molecular formula is C22H23NO8. The minimum absolute atomic E-state index is 0.221. The van der Waals surface area contributed by atoms with E-state index in [0.29, 0.717) is 0 Å². The molecule has 1 fully saturated rings. The minimum Gasteiger partial charge on any atom is -0.452 e. The van der Waals surface area contributed by atoms with Gasteiger partial charge in [-0.15, -0.1) is 0 Å². The third kappa shape index (κ3) is 5.46. The molecule has 2 aromatic carbocycles. The Balaban J connectivity index is 1.92. The number of rotatable bonds is 6. The first-order valence-corrected chi connectivity index (χ1v) is 9.64. The molecule has 1 amide bonds. The quantitative estimate of drug-likeness (QED) is 0.571. The Kier molecular flexibility index (Phi) is 7.35. The average Bonchev–Trinajstić information content (AvgIpc) is 2.78. The van der Waals surface area contributed by atoms with E-state index in [-0.39, 0.29) is 11.1 Å². The molecule has 3 rings (SSSR count). The van der Waals surface area contributed by atoms with Crippen LogP contribution in [0.4, 0.5) is 0 Å². The van der Waals surface area contributed by atoms with Gasteiger partial charge >= 0.3 is 11.9 Å². The summed E-state index contributed by atoms with van der Waals surface area (Å²) in [7, 11) is 0. The summed E-state index contributed by atoms with van der Waals surface area (Å²) in [6, 6.07) is 14.9. The van der Waals surface area contributed by atoms with Crippen molar-refractivity contribution in [3.63, 3.8) is 0 Å². The fraction of sp³-hybridized carbons (Fsp3) is 0.318. The van der Waals surface area contributed by atoms with E-state index in [1.54, 1.807) is 36.4 Å². The molecule has 0 aliphatic carbocycles. The van der Waals surface area contributed by atoms with E-state index >= 15 is 0 Å². The van der Waals surface area contributed by atoms with Crippen molar-refractivity contribution in [3.8, 4) is 0 Å². The number of hydrogen-bond donors (Lipinski definition) is 3. The Hall–Kier alpha value is -3.27. The first kappa shape index (κ1) is 22.4. The van der Waals surface area contributed by atoms with Crippen LogP contribution in [0.3, 0.4) is 0 Å². The highest BCUT2D eigenvalue weighted by molar-refractivity contribution is 5.90. The molecule has 2 aromatic rings. The molecule has 0 aromatic heterocycles. The fourth-order valence-electron chi connectivity index (χ4n) is 3.27. The van der Waals surface area contributed by atoms with Gasteiger partial charge in [-0.1, -0.05) is 36.4 Å². The molecule has 0 saturated carbocycles. The predicted octanol–water partition coefficient (Wildman–Crippen LogP) is 0.652. The number of ether oxygens (including phenoxy) is 3. The summed E-state index contributed by atoms with van der Waals surface area (Å²) in [5.41, 5.74) is 0.452. The van der Waals surface area contributed by atoms with Crippen LogP contribution in [0, 0.1) is 0 Å². The maximum absolute atomic E-state index is 12.7. The second-order valence-corrected chi connectivity index (χ2v) is 6.95. The van der Waals surface area contributed by atoms with Crippen LogP contribution in [0.1, 0.15) is 27.6 Å². The molecule has 31 heavy (non-hydrogen) atoms. The Morgan fingerprint density at radius 2 is 1.39 bits per heavy atom. The summed E-state index contributed by atoms with van der Waals surface area (Å²) in [6.07, 6.45) is -5.43. The number of benzene rings is 2. The van der Waals surface area contributed by atoms with Gasteiger partial charge in [-0.25, -0.2) is 9.59 Å². The first-order chi connectivity index (χ1) is 14.9. The van der Waals surface area contributed by atoms with Gasteiger partial charge in [-0.05, 0) is 24.3 Å². The molecule has 1 aliphatic heterocycles. The standard InChI is InChI=1S/C22H23NO8/c1-13(25)23-17-19(31-21(27)15-10-6-3-7-11-15)18(16(12-24)29-22(17)28)30-20(26)14-8-4-2-5-9-14/h2-11,16-19,22,24,28H,12H2,1H3,(H,23,25)/t16-,17-,18-,19-,22-/m1/s1. The van der Waals surface area contributed by atoms with Gasteiger partial charge in [0.2, 0.25) is 5.91 Å². The number of amides is 1. The molecule has 1 saturated heterocycles. The summed E-state index contributed by atoms with van der Waals surface area (Å²) < 4.78 is 16.4. The normalized spacial score (nSPS) is 25.3. The molecule has 0 radical (unpaired) electrons. The van der Waals surface area contributed by atoms with Crippen molar-refractivity contribution in [3.05, 3.63) is 71.8 Å². The number of esters is 2. The van der Waals surface area contributed by atoms with Crippen molar-refractivity contribution in [1.29, 1.82) is 0 Å². The molecule has 0 bridgehead atoms. The predicted molar refractivity (Wildman–Crippen MR) is 107 cm³/mol. The van der Waals surface area contributed by atoms with Gasteiger partial charge < -0.3 is 29.7 Å². The third-order valence-electron chi connectivity index (χ3n) is 4.72. The molecule has 9 heteroatoms. The maximum Gasteiger partial charge on any atom is 0.338 e. The highest BCUT2D eigenvalue weighted by Gasteiger charge is 2.50. The van der Waals surface area contributed by atoms with Crippen LogP contribution in [-0.2, 0) is 19.0 Å². The number of aliphatic hydroxyl groups is 2. The van der Waals surface area contributed by atoms with Crippen molar-refractivity contribution >= 4 is 17.8 Å². The van der Waals surface area contributed by atoms with Crippen molar-refractivity contribution in [2.24, 2.45) is 0 Å². The van der Waals surface area contributed by atoms with E-state index in [0.717, 1.165) is 0 Å². The lowest BCUT2D eigenvalue weighted by atomic mass is 9.96. The SMILES string of the molecule is CC(=O)N[C@@H]1[C@@H](OC(=O)c2ccccc2)[C@H](OC(=O)c2ccccc2)[C@@H](CO)O[C@H]1O. The molecule has 0 unspecified atom stereocenters. The van der Waals surface area contributed by atoms with Crippen LogP contribution < -0.4 is 5.32 Å². The summed E-state index contributed by atoms with van der Waals surface area (Å²) in [4.78, 5) is 37.0. The number of nitrogens with one attached hydrogen (secondary N) is 1. The largest absolute Gasteiger partial charge is 0.452 e. The summed E-state index contributed by atoms with van der Waals surface area (Å²) in [5, 5.41) is 22.6. The van der Waals surface area contributed by atoms with Crippen LogP contribution in [0.2, 0.25) is 0 Å². The topological polar surface area (TPSA) is 131 Å². The van der Waals surface area contributed by atoms with Gasteiger partial charge in [-0.3, -0.25) is 4.79 Å². The molecular weight excluding hydrogens is 406 g/mol. The van der Waals surface area contributed by atoms with Gasteiger partial charge in [0.1, 0.15) is 12.1 Å². The fourth-order valence-corrected chi connectivity index (χ4v) is 3.27. The van der Waals surface area contributed by atoms with Crippen molar-refractivity contribution in [2.75, 3.05) is 6.61 Å². The number of aliphatic hydroxyl groups excluding tert-OH is 2. The van der Waals surface area contributed by atoms with Gasteiger partial charge in [-0.2, -0.15) is 0 Å². The maximum atomic E-state index is 12.7. The monoisotopic (exact) mass is 429 g/mol. The van der Waals surface area contributed by atoms with Gasteiger partial charge in [0.15, 0.2) is 18.5 Å².